The summed E-state index contributed by atoms with van der Waals surface area (Å²) in [5.74, 6) is 6.95. The number of pyridine rings is 1. The van der Waals surface area contributed by atoms with Gasteiger partial charge in [-0.2, -0.15) is 18.3 Å². The summed E-state index contributed by atoms with van der Waals surface area (Å²) < 4.78 is 60.2. The number of nitrogens with one attached hydrogen (secondary N) is 2. The lowest BCUT2D eigenvalue weighted by Crippen LogP contribution is -2.69. The number of benzene rings is 1. The van der Waals surface area contributed by atoms with Crippen molar-refractivity contribution in [2.75, 3.05) is 51.7 Å². The summed E-state index contributed by atoms with van der Waals surface area (Å²) in [6.07, 6.45) is 5.25. The Morgan fingerprint density at radius 2 is 1.95 bits per heavy atom. The average Bonchev–Trinajstić information content (AvgIpc) is 3.22. The molecule has 2 N–H and O–H groups in total. The molecule has 2 aromatic heterocycles. The first-order valence-corrected chi connectivity index (χ1v) is 16.9. The van der Waals surface area contributed by atoms with Crippen LogP contribution >= 0.6 is 18.9 Å². The van der Waals surface area contributed by atoms with E-state index < -0.39 is 12.7 Å². The smallest absolute Gasteiger partial charge is 0.446 e. The maximum atomic E-state index is 13.6. The first-order chi connectivity index (χ1) is 19.2. The molecule has 0 radical (unpaired) electrons. The first kappa shape index (κ1) is 29.7. The summed E-state index contributed by atoms with van der Waals surface area (Å²) in [5.41, 5.74) is -3.32. The van der Waals surface area contributed by atoms with Gasteiger partial charge in [0.1, 0.15) is 24.4 Å². The van der Waals surface area contributed by atoms with E-state index in [0.29, 0.717) is 28.1 Å². The number of methoxy groups -OCH3 is 1. The van der Waals surface area contributed by atoms with Crippen molar-refractivity contribution in [2.24, 2.45) is 0 Å². The van der Waals surface area contributed by atoms with Crippen LogP contribution in [0.5, 0.6) is 5.75 Å². The van der Waals surface area contributed by atoms with Crippen LogP contribution in [0.15, 0.2) is 41.3 Å². The summed E-state index contributed by atoms with van der Waals surface area (Å²) in [5, 5.41) is 12.0. The van der Waals surface area contributed by atoms with Crippen molar-refractivity contribution in [1.82, 2.24) is 14.5 Å². The molecular weight excluding hydrogens is 570 g/mol. The molecule has 2 bridgehead atoms. The second-order valence-electron chi connectivity index (χ2n) is 11.6. The van der Waals surface area contributed by atoms with Crippen LogP contribution in [0, 0.1) is 11.8 Å². The number of anilines is 2. The molecule has 3 aliphatic carbocycles. The maximum absolute atomic E-state index is 13.6. The van der Waals surface area contributed by atoms with Crippen molar-refractivity contribution >= 4 is 41.2 Å². The Balaban J connectivity index is 1.41. The van der Waals surface area contributed by atoms with Gasteiger partial charge in [-0.15, -0.1) is 0 Å². The highest BCUT2D eigenvalue weighted by atomic mass is 32.2. The highest BCUT2D eigenvalue weighted by Crippen LogP contribution is 2.56. The van der Waals surface area contributed by atoms with E-state index in [1.807, 2.05) is 6.07 Å². The lowest BCUT2D eigenvalue weighted by Gasteiger charge is -2.63. The molecule has 2 heterocycles. The van der Waals surface area contributed by atoms with E-state index in [9.17, 15) is 17.7 Å². The molecule has 0 atom stereocenters. The first-order valence-electron chi connectivity index (χ1n) is 13.4. The molecule has 6 rings (SSSR count). The number of aromatic nitrogens is 2. The molecule has 7 nitrogen and oxygen atoms in total. The Kier molecular flexibility index (Phi) is 7.82. The molecule has 0 spiro atoms. The number of nitrogens with zero attached hydrogens (tertiary/aromatic N) is 3. The van der Waals surface area contributed by atoms with Gasteiger partial charge in [0.25, 0.3) is 0 Å². The molecule has 0 amide bonds. The Labute approximate surface area is 243 Å². The van der Waals surface area contributed by atoms with Crippen molar-refractivity contribution in [3.05, 3.63) is 42.1 Å². The molecule has 1 aromatic carbocycles. The Morgan fingerprint density at radius 3 is 2.61 bits per heavy atom. The SMILES string of the molecule is COc1cc(P(C)(C)=O)ccc1NCC#Cc1nn2c(NC34CCCC(N(C)C)(C3)C4)cccc2c1SC(F)(F)F. The third kappa shape index (κ3) is 6.06. The number of ether oxygens (including phenoxy) is 1. The standard InChI is InChI=1S/C29H35F3N5O2PS/c1-36(2)28-15-8-14-27(18-28,19-28)34-25-11-6-10-23-26(41-29(30,31)32)22(35-37(23)25)9-7-16-33-21-13-12-20(40(4,5)38)17-24(21)39-3/h6,10-13,17,33-34H,8,14-16,18-19H2,1-5H3. The third-order valence-electron chi connectivity index (χ3n) is 8.19. The van der Waals surface area contributed by atoms with Crippen LogP contribution in [-0.4, -0.2) is 72.2 Å². The van der Waals surface area contributed by atoms with E-state index in [0.717, 1.165) is 32.1 Å². The predicted octanol–water partition coefficient (Wildman–Crippen LogP) is 6.10. The van der Waals surface area contributed by atoms with Gasteiger partial charge in [0, 0.05) is 16.4 Å². The van der Waals surface area contributed by atoms with Crippen LogP contribution in [0.25, 0.3) is 5.52 Å². The second-order valence-corrected chi connectivity index (χ2v) is 15.8. The largest absolute Gasteiger partial charge is 0.495 e. The normalized spacial score (nSPS) is 22.2. The summed E-state index contributed by atoms with van der Waals surface area (Å²) in [7, 11) is 3.29. The summed E-state index contributed by atoms with van der Waals surface area (Å²) in [6.45, 7) is 3.52. The van der Waals surface area contributed by atoms with Gasteiger partial charge in [-0.25, -0.2) is 4.52 Å². The zero-order chi connectivity index (χ0) is 29.6. The van der Waals surface area contributed by atoms with E-state index in [4.69, 9.17) is 4.74 Å². The minimum absolute atomic E-state index is 0.0189. The Hall–Kier alpha value is -2.80. The van der Waals surface area contributed by atoms with Crippen LogP contribution in [0.3, 0.4) is 0 Å². The van der Waals surface area contributed by atoms with Gasteiger partial charge < -0.3 is 24.8 Å². The van der Waals surface area contributed by atoms with Gasteiger partial charge in [0.2, 0.25) is 0 Å². The summed E-state index contributed by atoms with van der Waals surface area (Å²) in [6, 6.07) is 10.5. The van der Waals surface area contributed by atoms with Crippen molar-refractivity contribution in [3.63, 3.8) is 0 Å². The minimum atomic E-state index is -4.49. The number of alkyl halides is 3. The molecule has 0 unspecified atom stereocenters. The maximum Gasteiger partial charge on any atom is 0.446 e. The fourth-order valence-corrected chi connectivity index (χ4v) is 7.69. The Bertz CT molecular complexity index is 1560. The van der Waals surface area contributed by atoms with E-state index in [-0.39, 0.29) is 40.0 Å². The van der Waals surface area contributed by atoms with Crippen LogP contribution in [-0.2, 0) is 4.57 Å². The quantitative estimate of drug-likeness (QED) is 0.183. The molecule has 220 valence electrons. The predicted molar refractivity (Wildman–Crippen MR) is 160 cm³/mol. The zero-order valence-electron chi connectivity index (χ0n) is 23.9. The van der Waals surface area contributed by atoms with Gasteiger partial charge in [-0.1, -0.05) is 12.0 Å². The van der Waals surface area contributed by atoms with Gasteiger partial charge in [-0.3, -0.25) is 0 Å². The molecule has 0 saturated heterocycles. The summed E-state index contributed by atoms with van der Waals surface area (Å²) in [4.78, 5) is 2.28. The molecule has 3 aliphatic rings. The third-order valence-corrected chi connectivity index (χ3v) is 10.5. The zero-order valence-corrected chi connectivity index (χ0v) is 25.6. The highest BCUT2D eigenvalue weighted by Gasteiger charge is 2.58. The average molecular weight is 606 g/mol. The van der Waals surface area contributed by atoms with Crippen LogP contribution in [0.4, 0.5) is 24.7 Å². The second kappa shape index (κ2) is 10.8. The van der Waals surface area contributed by atoms with Crippen molar-refractivity contribution in [3.8, 4) is 17.6 Å². The van der Waals surface area contributed by atoms with Gasteiger partial charge >= 0.3 is 5.51 Å². The number of hydrogen-bond donors (Lipinski definition) is 2. The van der Waals surface area contributed by atoms with Gasteiger partial charge in [0.05, 0.1) is 29.8 Å². The minimum Gasteiger partial charge on any atom is -0.495 e. The molecule has 3 aromatic rings. The van der Waals surface area contributed by atoms with Gasteiger partial charge in [-0.05, 0) is 108 Å². The van der Waals surface area contributed by atoms with Crippen molar-refractivity contribution in [1.29, 1.82) is 0 Å². The topological polar surface area (TPSA) is 70.9 Å². The molecule has 3 fully saturated rings. The number of hydrogen-bond acceptors (Lipinski definition) is 7. The van der Waals surface area contributed by atoms with Crippen LogP contribution < -0.4 is 20.7 Å². The van der Waals surface area contributed by atoms with Crippen molar-refractivity contribution < 1.29 is 22.5 Å². The fourth-order valence-electron chi connectivity index (χ4n) is 6.15. The van der Waals surface area contributed by atoms with E-state index in [1.165, 1.54) is 7.11 Å². The van der Waals surface area contributed by atoms with Crippen LogP contribution in [0.1, 0.15) is 37.8 Å². The number of thioether (sulfide) groups is 1. The molecular formula is C29H35F3N5O2PS. The van der Waals surface area contributed by atoms with Crippen LogP contribution in [0.2, 0.25) is 0 Å². The molecule has 0 aliphatic heterocycles. The number of fused-ring (bicyclic) bond motifs is 3. The molecule has 12 heteroatoms. The van der Waals surface area contributed by atoms with E-state index in [2.05, 4.69) is 46.6 Å². The number of halogens is 3. The lowest BCUT2D eigenvalue weighted by molar-refractivity contribution is -0.0448. The molecule has 3 saturated carbocycles. The van der Waals surface area contributed by atoms with Crippen molar-refractivity contribution in [2.45, 2.75) is 53.6 Å². The molecule has 41 heavy (non-hydrogen) atoms. The van der Waals surface area contributed by atoms with Gasteiger partial charge in [0.15, 0.2) is 0 Å². The monoisotopic (exact) mass is 605 g/mol. The summed E-state index contributed by atoms with van der Waals surface area (Å²) >= 11 is -0.192. The number of rotatable bonds is 8. The van der Waals surface area contributed by atoms with E-state index >= 15 is 0 Å². The Morgan fingerprint density at radius 1 is 1.20 bits per heavy atom. The highest BCUT2D eigenvalue weighted by molar-refractivity contribution is 8.00. The fraction of sp³-hybridized carbons (Fsp3) is 0.483. The lowest BCUT2D eigenvalue weighted by atomic mass is 9.54. The van der Waals surface area contributed by atoms with E-state index in [1.54, 1.807) is 48.2 Å².